The van der Waals surface area contributed by atoms with Crippen LogP contribution in [0.25, 0.3) is 0 Å². The first-order valence-electron chi connectivity index (χ1n) is 5.17. The Balaban J connectivity index is 2.13. The third-order valence-electron chi connectivity index (χ3n) is 2.79. The summed E-state index contributed by atoms with van der Waals surface area (Å²) in [6.07, 6.45) is 2.20. The standard InChI is InChI=1S/C11H12N2O4/c1-17-11(16)9-4-5-13(9)7-2-3-8(10(14)15)12-6-7/h2-3,6,9H,4-5H2,1H3,(H,14,15). The Hall–Kier alpha value is -2.11. The lowest BCUT2D eigenvalue weighted by Crippen LogP contribution is -2.53. The number of methoxy groups -OCH3 is 1. The second-order valence-corrected chi connectivity index (χ2v) is 3.73. The van der Waals surface area contributed by atoms with Crippen LogP contribution in [0.15, 0.2) is 18.3 Å². The molecule has 6 heteroatoms. The minimum atomic E-state index is -1.07. The number of carboxylic acid groups (broad SMARTS) is 1. The molecule has 1 aliphatic heterocycles. The Morgan fingerprint density at radius 3 is 2.71 bits per heavy atom. The number of anilines is 1. The molecule has 1 saturated heterocycles. The van der Waals surface area contributed by atoms with Crippen LogP contribution in [0.1, 0.15) is 16.9 Å². The number of esters is 1. The molecular formula is C11H12N2O4. The van der Waals surface area contributed by atoms with E-state index in [9.17, 15) is 9.59 Å². The van der Waals surface area contributed by atoms with Gasteiger partial charge in [-0.2, -0.15) is 0 Å². The van der Waals surface area contributed by atoms with Crippen molar-refractivity contribution in [3.8, 4) is 0 Å². The van der Waals surface area contributed by atoms with Crippen LogP contribution in [0.4, 0.5) is 5.69 Å². The van der Waals surface area contributed by atoms with Gasteiger partial charge in [0, 0.05) is 6.54 Å². The predicted molar refractivity (Wildman–Crippen MR) is 59.0 cm³/mol. The van der Waals surface area contributed by atoms with E-state index in [2.05, 4.69) is 9.72 Å². The van der Waals surface area contributed by atoms with Crippen LogP contribution in [0.3, 0.4) is 0 Å². The number of ether oxygens (including phenoxy) is 1. The smallest absolute Gasteiger partial charge is 0.354 e. The number of hydrogen-bond acceptors (Lipinski definition) is 5. The summed E-state index contributed by atoms with van der Waals surface area (Å²) < 4.78 is 4.67. The van der Waals surface area contributed by atoms with Crippen LogP contribution in [-0.4, -0.2) is 41.7 Å². The van der Waals surface area contributed by atoms with Crippen molar-refractivity contribution in [2.24, 2.45) is 0 Å². The lowest BCUT2D eigenvalue weighted by atomic mass is 10.0. The summed E-state index contributed by atoms with van der Waals surface area (Å²) >= 11 is 0. The number of aromatic carboxylic acids is 1. The summed E-state index contributed by atoms with van der Waals surface area (Å²) in [5.41, 5.74) is 0.723. The van der Waals surface area contributed by atoms with E-state index in [1.807, 2.05) is 4.90 Å². The second-order valence-electron chi connectivity index (χ2n) is 3.73. The Labute approximate surface area is 97.8 Å². The number of rotatable bonds is 3. The normalized spacial score (nSPS) is 18.4. The fourth-order valence-corrected chi connectivity index (χ4v) is 1.76. The zero-order valence-electron chi connectivity index (χ0n) is 9.29. The SMILES string of the molecule is COC(=O)C1CCN1c1ccc(C(=O)O)nc1. The maximum Gasteiger partial charge on any atom is 0.354 e. The van der Waals surface area contributed by atoms with E-state index in [1.165, 1.54) is 19.4 Å². The summed E-state index contributed by atoms with van der Waals surface area (Å²) in [6.45, 7) is 0.744. The van der Waals surface area contributed by atoms with Crippen LogP contribution in [0.5, 0.6) is 0 Å². The molecule has 1 aliphatic rings. The number of carboxylic acids is 1. The van der Waals surface area contributed by atoms with Gasteiger partial charge in [0.25, 0.3) is 0 Å². The molecule has 0 amide bonds. The maximum absolute atomic E-state index is 11.4. The second kappa shape index (κ2) is 4.40. The van der Waals surface area contributed by atoms with E-state index in [1.54, 1.807) is 6.07 Å². The molecule has 1 fully saturated rings. The minimum absolute atomic E-state index is 0.0103. The van der Waals surface area contributed by atoms with E-state index in [0.29, 0.717) is 0 Å². The highest BCUT2D eigenvalue weighted by Crippen LogP contribution is 2.26. The van der Waals surface area contributed by atoms with Crippen LogP contribution < -0.4 is 4.90 Å². The molecule has 0 saturated carbocycles. The average Bonchev–Trinajstić information content (AvgIpc) is 2.28. The first kappa shape index (κ1) is 11.4. The number of nitrogens with zero attached hydrogens (tertiary/aromatic N) is 2. The van der Waals surface area contributed by atoms with Crippen molar-refractivity contribution >= 4 is 17.6 Å². The lowest BCUT2D eigenvalue weighted by Gasteiger charge is -2.40. The molecule has 17 heavy (non-hydrogen) atoms. The van der Waals surface area contributed by atoms with E-state index >= 15 is 0 Å². The molecule has 90 valence electrons. The number of hydrogen-bond donors (Lipinski definition) is 1. The third kappa shape index (κ3) is 2.06. The molecule has 1 N–H and O–H groups in total. The first-order chi connectivity index (χ1) is 8.13. The van der Waals surface area contributed by atoms with E-state index < -0.39 is 5.97 Å². The fraction of sp³-hybridized carbons (Fsp3) is 0.364. The summed E-state index contributed by atoms with van der Waals surface area (Å²) in [5, 5.41) is 8.71. The summed E-state index contributed by atoms with van der Waals surface area (Å²) in [5.74, 6) is -1.34. The highest BCUT2D eigenvalue weighted by Gasteiger charge is 2.35. The number of carbonyl (C=O) groups is 2. The zero-order chi connectivity index (χ0) is 12.4. The minimum Gasteiger partial charge on any atom is -0.477 e. The molecule has 1 unspecified atom stereocenters. The van der Waals surface area contributed by atoms with Crippen LogP contribution in [-0.2, 0) is 9.53 Å². The highest BCUT2D eigenvalue weighted by atomic mass is 16.5. The molecule has 2 rings (SSSR count). The van der Waals surface area contributed by atoms with Gasteiger partial charge in [0.2, 0.25) is 0 Å². The molecule has 1 aromatic rings. The fourth-order valence-electron chi connectivity index (χ4n) is 1.76. The molecule has 0 radical (unpaired) electrons. The van der Waals surface area contributed by atoms with Gasteiger partial charge < -0.3 is 14.7 Å². The van der Waals surface area contributed by atoms with E-state index in [4.69, 9.17) is 5.11 Å². The van der Waals surface area contributed by atoms with Gasteiger partial charge in [-0.1, -0.05) is 0 Å². The van der Waals surface area contributed by atoms with E-state index in [-0.39, 0.29) is 17.7 Å². The molecule has 0 bridgehead atoms. The van der Waals surface area contributed by atoms with Crippen molar-refractivity contribution in [1.82, 2.24) is 4.98 Å². The summed E-state index contributed by atoms with van der Waals surface area (Å²) in [4.78, 5) is 27.7. The Morgan fingerprint density at radius 2 is 2.29 bits per heavy atom. The first-order valence-corrected chi connectivity index (χ1v) is 5.17. The van der Waals surface area contributed by atoms with Crippen LogP contribution in [0.2, 0.25) is 0 Å². The monoisotopic (exact) mass is 236 g/mol. The zero-order valence-corrected chi connectivity index (χ0v) is 9.29. The highest BCUT2D eigenvalue weighted by molar-refractivity contribution is 5.86. The van der Waals surface area contributed by atoms with Crippen molar-refractivity contribution in [3.63, 3.8) is 0 Å². The van der Waals surface area contributed by atoms with Gasteiger partial charge >= 0.3 is 11.9 Å². The van der Waals surface area contributed by atoms with Gasteiger partial charge in [0.15, 0.2) is 0 Å². The predicted octanol–water partition coefficient (Wildman–Crippen LogP) is 0.531. The third-order valence-corrected chi connectivity index (χ3v) is 2.79. The van der Waals surface area contributed by atoms with Crippen molar-refractivity contribution in [1.29, 1.82) is 0 Å². The topological polar surface area (TPSA) is 79.7 Å². The Kier molecular flexibility index (Phi) is 2.95. The molecule has 1 atom stereocenters. The van der Waals surface area contributed by atoms with Gasteiger partial charge in [-0.15, -0.1) is 0 Å². The molecule has 1 aromatic heterocycles. The molecule has 0 spiro atoms. The maximum atomic E-state index is 11.4. The van der Waals surface area contributed by atoms with Crippen LogP contribution in [0, 0.1) is 0 Å². The van der Waals surface area contributed by atoms with Crippen molar-refractivity contribution in [2.45, 2.75) is 12.5 Å². The molecule has 0 aromatic carbocycles. The number of pyridine rings is 1. The van der Waals surface area contributed by atoms with Crippen molar-refractivity contribution < 1.29 is 19.4 Å². The van der Waals surface area contributed by atoms with Crippen molar-refractivity contribution in [2.75, 3.05) is 18.6 Å². The molecule has 0 aliphatic carbocycles. The Bertz CT molecular complexity index is 443. The van der Waals surface area contributed by atoms with Gasteiger partial charge in [0.05, 0.1) is 19.0 Å². The number of carbonyl (C=O) groups excluding carboxylic acids is 1. The number of aromatic nitrogens is 1. The Morgan fingerprint density at radius 1 is 1.53 bits per heavy atom. The van der Waals surface area contributed by atoms with Gasteiger partial charge in [-0.25, -0.2) is 14.6 Å². The molecule has 6 nitrogen and oxygen atoms in total. The molecule has 2 heterocycles. The largest absolute Gasteiger partial charge is 0.477 e. The van der Waals surface area contributed by atoms with Gasteiger partial charge in [0.1, 0.15) is 11.7 Å². The molecular weight excluding hydrogens is 224 g/mol. The van der Waals surface area contributed by atoms with Gasteiger partial charge in [-0.3, -0.25) is 0 Å². The van der Waals surface area contributed by atoms with Gasteiger partial charge in [-0.05, 0) is 18.6 Å². The summed E-state index contributed by atoms with van der Waals surface area (Å²) in [6, 6.07) is 2.79. The van der Waals surface area contributed by atoms with Crippen molar-refractivity contribution in [3.05, 3.63) is 24.0 Å². The quantitative estimate of drug-likeness (QED) is 0.771. The van der Waals surface area contributed by atoms with E-state index in [0.717, 1.165) is 18.7 Å². The summed E-state index contributed by atoms with van der Waals surface area (Å²) in [7, 11) is 1.35. The van der Waals surface area contributed by atoms with Crippen LogP contribution >= 0.6 is 0 Å². The average molecular weight is 236 g/mol. The lowest BCUT2D eigenvalue weighted by molar-refractivity contribution is -0.143.